The lowest BCUT2D eigenvalue weighted by molar-refractivity contribution is 0.532. The molecular weight excluding hydrogens is 276 g/mol. The van der Waals surface area contributed by atoms with E-state index in [0.29, 0.717) is 0 Å². The van der Waals surface area contributed by atoms with Gasteiger partial charge < -0.3 is 0 Å². The maximum atomic E-state index is 6.58. The third kappa shape index (κ3) is 3.32. The summed E-state index contributed by atoms with van der Waals surface area (Å²) in [6.45, 7) is 13.5. The maximum absolute atomic E-state index is 6.58. The fourth-order valence-electron chi connectivity index (χ4n) is 2.95. The first-order valence-corrected chi connectivity index (χ1v) is 7.89. The van der Waals surface area contributed by atoms with Crippen molar-refractivity contribution in [2.45, 2.75) is 52.4 Å². The molecule has 112 valence electrons. The SMILES string of the molecule is CC(C)(C)c1c(Cl)ccc(-c2ccccc2)c1C(C)(C)C. The number of hydrogen-bond donors (Lipinski definition) is 0. The zero-order chi connectivity index (χ0) is 15.8. The molecule has 2 rings (SSSR count). The van der Waals surface area contributed by atoms with Gasteiger partial charge in [-0.15, -0.1) is 0 Å². The van der Waals surface area contributed by atoms with E-state index in [-0.39, 0.29) is 10.8 Å². The number of benzene rings is 2. The molecule has 0 aliphatic heterocycles. The highest BCUT2D eigenvalue weighted by molar-refractivity contribution is 6.31. The molecule has 0 nitrogen and oxygen atoms in total. The topological polar surface area (TPSA) is 0 Å². The van der Waals surface area contributed by atoms with Crippen LogP contribution in [-0.4, -0.2) is 0 Å². The van der Waals surface area contributed by atoms with Gasteiger partial charge in [-0.3, -0.25) is 0 Å². The van der Waals surface area contributed by atoms with Crippen molar-refractivity contribution >= 4 is 11.6 Å². The van der Waals surface area contributed by atoms with Gasteiger partial charge in [-0.2, -0.15) is 0 Å². The Morgan fingerprint density at radius 3 is 1.67 bits per heavy atom. The molecule has 0 bridgehead atoms. The Morgan fingerprint density at radius 1 is 0.667 bits per heavy atom. The Balaban J connectivity index is 2.85. The highest BCUT2D eigenvalue weighted by Gasteiger charge is 2.30. The Kier molecular flexibility index (Phi) is 4.22. The van der Waals surface area contributed by atoms with Crippen molar-refractivity contribution in [3.05, 3.63) is 58.6 Å². The summed E-state index contributed by atoms with van der Waals surface area (Å²) in [6, 6.07) is 14.8. The van der Waals surface area contributed by atoms with Gasteiger partial charge in [0.05, 0.1) is 0 Å². The lowest BCUT2D eigenvalue weighted by atomic mass is 9.72. The molecule has 0 aliphatic rings. The van der Waals surface area contributed by atoms with Crippen LogP contribution in [0.25, 0.3) is 11.1 Å². The Hall–Kier alpha value is -1.27. The van der Waals surface area contributed by atoms with E-state index in [1.54, 1.807) is 0 Å². The number of rotatable bonds is 1. The van der Waals surface area contributed by atoms with Gasteiger partial charge in [0.15, 0.2) is 0 Å². The van der Waals surface area contributed by atoms with Gasteiger partial charge in [0.25, 0.3) is 0 Å². The van der Waals surface area contributed by atoms with Gasteiger partial charge in [0, 0.05) is 5.02 Å². The Bertz CT molecular complexity index is 625. The zero-order valence-electron chi connectivity index (χ0n) is 13.9. The van der Waals surface area contributed by atoms with Crippen LogP contribution >= 0.6 is 11.6 Å². The minimum Gasteiger partial charge on any atom is -0.0840 e. The van der Waals surface area contributed by atoms with Gasteiger partial charge >= 0.3 is 0 Å². The average molecular weight is 301 g/mol. The summed E-state index contributed by atoms with van der Waals surface area (Å²) < 4.78 is 0. The first-order valence-electron chi connectivity index (χ1n) is 7.51. The third-order valence-electron chi connectivity index (χ3n) is 3.74. The van der Waals surface area contributed by atoms with Crippen LogP contribution in [0.5, 0.6) is 0 Å². The van der Waals surface area contributed by atoms with E-state index in [4.69, 9.17) is 11.6 Å². The van der Waals surface area contributed by atoms with E-state index in [0.717, 1.165) is 5.02 Å². The quantitative estimate of drug-likeness (QED) is 0.556. The molecule has 0 unspecified atom stereocenters. The summed E-state index contributed by atoms with van der Waals surface area (Å²) in [5, 5.41) is 0.868. The van der Waals surface area contributed by atoms with Crippen LogP contribution < -0.4 is 0 Å². The second-order valence-electron chi connectivity index (χ2n) is 7.71. The van der Waals surface area contributed by atoms with E-state index in [1.807, 2.05) is 6.07 Å². The van der Waals surface area contributed by atoms with Crippen LogP contribution in [0.3, 0.4) is 0 Å². The molecule has 0 amide bonds. The van der Waals surface area contributed by atoms with E-state index >= 15 is 0 Å². The molecule has 0 aliphatic carbocycles. The number of hydrogen-bond acceptors (Lipinski definition) is 0. The van der Waals surface area contributed by atoms with Crippen molar-refractivity contribution in [1.29, 1.82) is 0 Å². The molecule has 2 aromatic carbocycles. The van der Waals surface area contributed by atoms with Crippen LogP contribution in [0.2, 0.25) is 5.02 Å². The standard InChI is InChI=1S/C20H25Cl/c1-19(2,3)17-15(14-10-8-7-9-11-14)12-13-16(21)18(17)20(4,5)6/h7-13H,1-6H3. The normalized spacial score (nSPS) is 12.5. The lowest BCUT2D eigenvalue weighted by Crippen LogP contribution is -2.23. The van der Waals surface area contributed by atoms with Gasteiger partial charge in [0.1, 0.15) is 0 Å². The predicted octanol–water partition coefficient (Wildman–Crippen LogP) is 6.60. The minimum atomic E-state index is 0.0183. The van der Waals surface area contributed by atoms with Crippen LogP contribution in [0.15, 0.2) is 42.5 Å². The van der Waals surface area contributed by atoms with E-state index in [9.17, 15) is 0 Å². The fraction of sp³-hybridized carbons (Fsp3) is 0.400. The van der Waals surface area contributed by atoms with Gasteiger partial charge in [-0.1, -0.05) is 89.5 Å². The molecule has 0 spiro atoms. The van der Waals surface area contributed by atoms with Crippen molar-refractivity contribution in [3.63, 3.8) is 0 Å². The van der Waals surface area contributed by atoms with Gasteiger partial charge in [0.2, 0.25) is 0 Å². The highest BCUT2D eigenvalue weighted by atomic mass is 35.5. The fourth-order valence-corrected chi connectivity index (χ4v) is 3.39. The van der Waals surface area contributed by atoms with Crippen molar-refractivity contribution in [1.82, 2.24) is 0 Å². The molecule has 0 saturated carbocycles. The van der Waals surface area contributed by atoms with Gasteiger partial charge in [-0.05, 0) is 39.2 Å². The van der Waals surface area contributed by atoms with Crippen LogP contribution in [0, 0.1) is 0 Å². The summed E-state index contributed by atoms with van der Waals surface area (Å²) in [5.74, 6) is 0. The monoisotopic (exact) mass is 300 g/mol. The summed E-state index contributed by atoms with van der Waals surface area (Å²) in [4.78, 5) is 0. The average Bonchev–Trinajstić information content (AvgIpc) is 2.37. The van der Waals surface area contributed by atoms with Gasteiger partial charge in [-0.25, -0.2) is 0 Å². The summed E-state index contributed by atoms with van der Waals surface area (Å²) in [6.07, 6.45) is 0. The third-order valence-corrected chi connectivity index (χ3v) is 4.05. The predicted molar refractivity (Wildman–Crippen MR) is 94.3 cm³/mol. The minimum absolute atomic E-state index is 0.0183. The van der Waals surface area contributed by atoms with Crippen LogP contribution in [-0.2, 0) is 10.8 Å². The van der Waals surface area contributed by atoms with Crippen LogP contribution in [0.4, 0.5) is 0 Å². The Morgan fingerprint density at radius 2 is 1.19 bits per heavy atom. The van der Waals surface area contributed by atoms with Crippen molar-refractivity contribution in [3.8, 4) is 11.1 Å². The smallest absolute Gasteiger partial charge is 0.0446 e. The zero-order valence-corrected chi connectivity index (χ0v) is 14.7. The Labute approximate surface area is 134 Å². The highest BCUT2D eigenvalue weighted by Crippen LogP contribution is 2.43. The molecule has 21 heavy (non-hydrogen) atoms. The van der Waals surface area contributed by atoms with Crippen molar-refractivity contribution in [2.75, 3.05) is 0 Å². The molecule has 2 aromatic rings. The summed E-state index contributed by atoms with van der Waals surface area (Å²) in [5.41, 5.74) is 5.22. The van der Waals surface area contributed by atoms with Crippen LogP contribution in [0.1, 0.15) is 52.7 Å². The molecule has 0 fully saturated rings. The molecular formula is C20H25Cl. The molecule has 1 heteroatoms. The van der Waals surface area contributed by atoms with Crippen molar-refractivity contribution in [2.24, 2.45) is 0 Å². The number of halogens is 1. The molecule has 0 N–H and O–H groups in total. The lowest BCUT2D eigenvalue weighted by Gasteiger charge is -2.33. The largest absolute Gasteiger partial charge is 0.0840 e. The van der Waals surface area contributed by atoms with E-state index < -0.39 is 0 Å². The second kappa shape index (κ2) is 5.50. The first kappa shape index (κ1) is 16.1. The molecule has 0 radical (unpaired) electrons. The summed E-state index contributed by atoms with van der Waals surface area (Å²) >= 11 is 6.58. The second-order valence-corrected chi connectivity index (χ2v) is 8.12. The molecule has 0 heterocycles. The van der Waals surface area contributed by atoms with E-state index in [1.165, 1.54) is 22.3 Å². The molecule has 0 saturated heterocycles. The molecule has 0 aromatic heterocycles. The van der Waals surface area contributed by atoms with E-state index in [2.05, 4.69) is 77.9 Å². The maximum Gasteiger partial charge on any atom is 0.0446 e. The van der Waals surface area contributed by atoms with Crippen molar-refractivity contribution < 1.29 is 0 Å². The summed E-state index contributed by atoms with van der Waals surface area (Å²) in [7, 11) is 0. The first-order chi connectivity index (χ1) is 9.62. The molecule has 0 atom stereocenters.